The lowest BCUT2D eigenvalue weighted by Crippen LogP contribution is -2.50. The topological polar surface area (TPSA) is 87.7 Å². The molecule has 3 amide bonds. The van der Waals surface area contributed by atoms with Gasteiger partial charge in [0.25, 0.3) is 11.8 Å². The number of nitrogens with one attached hydrogen (secondary N) is 2. The highest BCUT2D eigenvalue weighted by molar-refractivity contribution is 6.30. The van der Waals surface area contributed by atoms with E-state index in [1.54, 1.807) is 35.2 Å². The molecule has 1 aliphatic rings. The van der Waals surface area contributed by atoms with Gasteiger partial charge in [0.1, 0.15) is 5.75 Å². The van der Waals surface area contributed by atoms with Crippen LogP contribution in [0, 0.1) is 19.8 Å². The SMILES string of the molecule is Cc1ccc(OCC(=O)NNC(=O)[C@H]2CCCN(C(=O)c3ccc(Cl)cc3)C2)cc1C. The number of halogens is 1. The van der Waals surface area contributed by atoms with E-state index in [1.165, 1.54) is 0 Å². The van der Waals surface area contributed by atoms with E-state index in [4.69, 9.17) is 16.3 Å². The molecule has 0 bridgehead atoms. The second-order valence-electron chi connectivity index (χ2n) is 7.67. The van der Waals surface area contributed by atoms with Crippen molar-refractivity contribution in [2.45, 2.75) is 26.7 Å². The fourth-order valence-electron chi connectivity index (χ4n) is 3.37. The van der Waals surface area contributed by atoms with Gasteiger partial charge in [-0.05, 0) is 74.2 Å². The number of hydrogen-bond donors (Lipinski definition) is 2. The van der Waals surface area contributed by atoms with Crippen LogP contribution in [0.15, 0.2) is 42.5 Å². The first-order valence-electron chi connectivity index (χ1n) is 10.2. The predicted octanol–water partition coefficient (Wildman–Crippen LogP) is 3.04. The van der Waals surface area contributed by atoms with Crippen LogP contribution in [0.3, 0.4) is 0 Å². The van der Waals surface area contributed by atoms with Gasteiger partial charge < -0.3 is 9.64 Å². The van der Waals surface area contributed by atoms with E-state index < -0.39 is 11.8 Å². The third kappa shape index (κ3) is 6.21. The van der Waals surface area contributed by atoms with Gasteiger partial charge in [-0.25, -0.2) is 0 Å². The van der Waals surface area contributed by atoms with Crippen LogP contribution < -0.4 is 15.6 Å². The largest absolute Gasteiger partial charge is 0.484 e. The van der Waals surface area contributed by atoms with Crippen molar-refractivity contribution >= 4 is 29.3 Å². The Morgan fingerprint density at radius 1 is 1.06 bits per heavy atom. The molecule has 31 heavy (non-hydrogen) atoms. The molecule has 1 atom stereocenters. The minimum absolute atomic E-state index is 0.139. The van der Waals surface area contributed by atoms with Gasteiger partial charge in [0.05, 0.1) is 5.92 Å². The Labute approximate surface area is 186 Å². The lowest BCUT2D eigenvalue weighted by atomic mass is 9.96. The number of ether oxygens (including phenoxy) is 1. The van der Waals surface area contributed by atoms with Crippen molar-refractivity contribution in [3.63, 3.8) is 0 Å². The van der Waals surface area contributed by atoms with Crippen LogP contribution in [0.5, 0.6) is 5.75 Å². The molecular weight excluding hydrogens is 418 g/mol. The normalized spacial score (nSPS) is 15.8. The molecule has 3 rings (SSSR count). The summed E-state index contributed by atoms with van der Waals surface area (Å²) in [5, 5.41) is 0.560. The Morgan fingerprint density at radius 2 is 1.81 bits per heavy atom. The average Bonchev–Trinajstić information content (AvgIpc) is 2.78. The number of amides is 3. The molecule has 0 unspecified atom stereocenters. The van der Waals surface area contributed by atoms with E-state index in [1.807, 2.05) is 26.0 Å². The van der Waals surface area contributed by atoms with Crippen LogP contribution >= 0.6 is 11.6 Å². The van der Waals surface area contributed by atoms with Gasteiger partial charge in [-0.15, -0.1) is 0 Å². The summed E-state index contributed by atoms with van der Waals surface area (Å²) in [5.74, 6) is -0.733. The van der Waals surface area contributed by atoms with E-state index in [2.05, 4.69) is 10.9 Å². The highest BCUT2D eigenvalue weighted by Crippen LogP contribution is 2.20. The highest BCUT2D eigenvalue weighted by Gasteiger charge is 2.29. The van der Waals surface area contributed by atoms with Gasteiger partial charge in [0.15, 0.2) is 6.61 Å². The summed E-state index contributed by atoms with van der Waals surface area (Å²) in [6.45, 7) is 4.63. The molecule has 0 aliphatic carbocycles. The summed E-state index contributed by atoms with van der Waals surface area (Å²) >= 11 is 5.88. The zero-order valence-electron chi connectivity index (χ0n) is 17.6. The molecule has 0 aromatic heterocycles. The Morgan fingerprint density at radius 3 is 2.52 bits per heavy atom. The monoisotopic (exact) mass is 443 g/mol. The molecule has 164 valence electrons. The van der Waals surface area contributed by atoms with Crippen LogP contribution in [-0.4, -0.2) is 42.3 Å². The number of benzene rings is 2. The maximum Gasteiger partial charge on any atom is 0.276 e. The number of rotatable bonds is 5. The molecular formula is C23H26ClN3O4. The van der Waals surface area contributed by atoms with Crippen molar-refractivity contribution in [2.24, 2.45) is 5.92 Å². The van der Waals surface area contributed by atoms with Crippen molar-refractivity contribution in [1.29, 1.82) is 0 Å². The number of carbonyl (C=O) groups is 3. The van der Waals surface area contributed by atoms with E-state index in [-0.39, 0.29) is 18.4 Å². The minimum atomic E-state index is -0.462. The lowest BCUT2D eigenvalue weighted by Gasteiger charge is -2.32. The molecule has 1 heterocycles. The number of nitrogens with zero attached hydrogens (tertiary/aromatic N) is 1. The van der Waals surface area contributed by atoms with Crippen molar-refractivity contribution in [2.75, 3.05) is 19.7 Å². The molecule has 2 N–H and O–H groups in total. The molecule has 8 heteroatoms. The molecule has 1 saturated heterocycles. The van der Waals surface area contributed by atoms with E-state index in [0.29, 0.717) is 42.3 Å². The van der Waals surface area contributed by atoms with Crippen LogP contribution in [0.1, 0.15) is 34.3 Å². The number of hydrazine groups is 1. The zero-order valence-corrected chi connectivity index (χ0v) is 18.4. The van der Waals surface area contributed by atoms with Gasteiger partial charge in [-0.2, -0.15) is 0 Å². The number of likely N-dealkylation sites (tertiary alicyclic amines) is 1. The van der Waals surface area contributed by atoms with Gasteiger partial charge in [-0.3, -0.25) is 25.2 Å². The average molecular weight is 444 g/mol. The maximum absolute atomic E-state index is 12.7. The Balaban J connectivity index is 1.46. The number of piperidine rings is 1. The van der Waals surface area contributed by atoms with Crippen molar-refractivity contribution < 1.29 is 19.1 Å². The molecule has 0 saturated carbocycles. The second-order valence-corrected chi connectivity index (χ2v) is 8.11. The van der Waals surface area contributed by atoms with Crippen molar-refractivity contribution in [3.05, 3.63) is 64.2 Å². The Bertz CT molecular complexity index is 962. The second kappa shape index (κ2) is 10.3. The van der Waals surface area contributed by atoms with Gasteiger partial charge >= 0.3 is 0 Å². The van der Waals surface area contributed by atoms with Gasteiger partial charge in [0, 0.05) is 23.7 Å². The van der Waals surface area contributed by atoms with Crippen molar-refractivity contribution in [1.82, 2.24) is 15.8 Å². The quantitative estimate of drug-likeness (QED) is 0.695. The Kier molecular flexibility index (Phi) is 7.52. The molecule has 7 nitrogen and oxygen atoms in total. The third-order valence-electron chi connectivity index (χ3n) is 5.34. The first-order valence-corrected chi connectivity index (χ1v) is 10.5. The third-order valence-corrected chi connectivity index (χ3v) is 5.60. The number of aryl methyl sites for hydroxylation is 2. The molecule has 0 spiro atoms. The fraction of sp³-hybridized carbons (Fsp3) is 0.348. The molecule has 0 radical (unpaired) electrons. The summed E-state index contributed by atoms with van der Waals surface area (Å²) in [7, 11) is 0. The van der Waals surface area contributed by atoms with Crippen LogP contribution in [0.25, 0.3) is 0 Å². The van der Waals surface area contributed by atoms with Crippen LogP contribution in [0.2, 0.25) is 5.02 Å². The van der Waals surface area contributed by atoms with Crippen molar-refractivity contribution in [3.8, 4) is 5.75 Å². The fourth-order valence-corrected chi connectivity index (χ4v) is 3.50. The summed E-state index contributed by atoms with van der Waals surface area (Å²) in [4.78, 5) is 38.8. The summed E-state index contributed by atoms with van der Waals surface area (Å²) in [6, 6.07) is 12.2. The lowest BCUT2D eigenvalue weighted by molar-refractivity contribution is -0.132. The first-order chi connectivity index (χ1) is 14.8. The molecule has 2 aromatic carbocycles. The molecule has 2 aromatic rings. The highest BCUT2D eigenvalue weighted by atomic mass is 35.5. The van der Waals surface area contributed by atoms with E-state index >= 15 is 0 Å². The standard InChI is InChI=1S/C23H26ClN3O4/c1-15-5-10-20(12-16(15)2)31-14-21(28)25-26-22(29)18-4-3-11-27(13-18)23(30)17-6-8-19(24)9-7-17/h5-10,12,18H,3-4,11,13-14H2,1-2H3,(H,25,28)(H,26,29)/t18-/m0/s1. The van der Waals surface area contributed by atoms with Crippen LogP contribution in [0.4, 0.5) is 0 Å². The summed E-state index contributed by atoms with van der Waals surface area (Å²) < 4.78 is 5.46. The molecule has 1 aliphatic heterocycles. The van der Waals surface area contributed by atoms with Gasteiger partial charge in [-0.1, -0.05) is 17.7 Å². The first kappa shape index (κ1) is 22.6. The zero-order chi connectivity index (χ0) is 22.4. The predicted molar refractivity (Wildman–Crippen MR) is 118 cm³/mol. The Hall–Kier alpha value is -3.06. The van der Waals surface area contributed by atoms with Crippen LogP contribution in [-0.2, 0) is 9.59 Å². The summed E-state index contributed by atoms with van der Waals surface area (Å²) in [5.41, 5.74) is 7.56. The maximum atomic E-state index is 12.7. The van der Waals surface area contributed by atoms with E-state index in [9.17, 15) is 14.4 Å². The smallest absolute Gasteiger partial charge is 0.276 e. The summed E-state index contributed by atoms with van der Waals surface area (Å²) in [6.07, 6.45) is 1.35. The number of hydrogen-bond acceptors (Lipinski definition) is 4. The minimum Gasteiger partial charge on any atom is -0.484 e. The number of carbonyl (C=O) groups excluding carboxylic acids is 3. The van der Waals surface area contributed by atoms with Gasteiger partial charge in [0.2, 0.25) is 5.91 Å². The van der Waals surface area contributed by atoms with E-state index in [0.717, 1.165) is 11.1 Å². The molecule has 1 fully saturated rings.